The molecule has 0 radical (unpaired) electrons. The minimum absolute atomic E-state index is 0.256. The van der Waals surface area contributed by atoms with Crippen molar-refractivity contribution in [3.63, 3.8) is 0 Å². The summed E-state index contributed by atoms with van der Waals surface area (Å²) in [7, 11) is 0. The van der Waals surface area contributed by atoms with Crippen LogP contribution in [0, 0.1) is 0 Å². The average Bonchev–Trinajstić information content (AvgIpc) is 2.27. The van der Waals surface area contributed by atoms with Crippen LogP contribution >= 0.6 is 0 Å². The molecule has 6 heteroatoms. The second-order valence-corrected chi connectivity index (χ2v) is 5.31. The van der Waals surface area contributed by atoms with Crippen LogP contribution in [0.15, 0.2) is 17.8 Å². The van der Waals surface area contributed by atoms with Crippen molar-refractivity contribution in [2.75, 3.05) is 6.54 Å². The van der Waals surface area contributed by atoms with E-state index in [-0.39, 0.29) is 18.2 Å². The van der Waals surface area contributed by atoms with Crippen LogP contribution in [0.2, 0.25) is 0 Å². The minimum atomic E-state index is -0.533. The molecule has 100 valence electrons. The summed E-state index contributed by atoms with van der Waals surface area (Å²) < 4.78 is 5.34. The van der Waals surface area contributed by atoms with Crippen LogP contribution in [0.3, 0.4) is 0 Å². The highest BCUT2D eigenvalue weighted by molar-refractivity contribution is 5.69. The molecule has 1 amide bonds. The molecule has 1 saturated heterocycles. The third-order valence-electron chi connectivity index (χ3n) is 2.72. The van der Waals surface area contributed by atoms with Crippen molar-refractivity contribution >= 4 is 6.09 Å². The first-order chi connectivity index (χ1) is 8.39. The van der Waals surface area contributed by atoms with Gasteiger partial charge in [0.2, 0.25) is 0 Å². The number of carbonyl (C=O) groups excluding carboxylic acids is 1. The van der Waals surface area contributed by atoms with Gasteiger partial charge in [0.1, 0.15) is 5.60 Å². The zero-order valence-corrected chi connectivity index (χ0v) is 11.2. The van der Waals surface area contributed by atoms with E-state index in [2.05, 4.69) is 16.6 Å². The molecule has 0 aromatic rings. The van der Waals surface area contributed by atoms with Crippen molar-refractivity contribution in [1.82, 2.24) is 4.90 Å². The predicted molar refractivity (Wildman–Crippen MR) is 69.1 cm³/mol. The molecule has 0 unspecified atom stereocenters. The number of amides is 1. The highest BCUT2D eigenvalue weighted by Crippen LogP contribution is 2.23. The van der Waals surface area contributed by atoms with Crippen molar-refractivity contribution in [3.05, 3.63) is 23.1 Å². The van der Waals surface area contributed by atoms with Crippen molar-refractivity contribution in [3.8, 4) is 0 Å². The van der Waals surface area contributed by atoms with Crippen LogP contribution < -0.4 is 0 Å². The standard InChI is InChI=1S/C12H20N4O2/c1-5-10-9(14-15-13)7-6-8-16(10)11(17)18-12(2,3)4/h5,9-10H,1,6-8H2,2-4H3/t9-,10-/m1/s1. The summed E-state index contributed by atoms with van der Waals surface area (Å²) >= 11 is 0. The molecular formula is C12H20N4O2. The Hall–Kier alpha value is -1.68. The van der Waals surface area contributed by atoms with Crippen LogP contribution in [0.4, 0.5) is 4.79 Å². The first-order valence-corrected chi connectivity index (χ1v) is 6.05. The number of piperidine rings is 1. The van der Waals surface area contributed by atoms with Crippen molar-refractivity contribution < 1.29 is 9.53 Å². The van der Waals surface area contributed by atoms with Crippen LogP contribution in [-0.4, -0.2) is 35.2 Å². The van der Waals surface area contributed by atoms with Crippen LogP contribution in [0.25, 0.3) is 10.4 Å². The number of carbonyl (C=O) groups is 1. The molecule has 0 N–H and O–H groups in total. The smallest absolute Gasteiger partial charge is 0.410 e. The minimum Gasteiger partial charge on any atom is -0.444 e. The molecule has 0 bridgehead atoms. The SMILES string of the molecule is C=C[C@@H]1[C@H](N=[N+]=[N-])CCCN1C(=O)OC(C)(C)C. The zero-order chi connectivity index (χ0) is 13.8. The first kappa shape index (κ1) is 14.4. The van der Waals surface area contributed by atoms with E-state index in [4.69, 9.17) is 10.3 Å². The first-order valence-electron chi connectivity index (χ1n) is 6.05. The molecule has 18 heavy (non-hydrogen) atoms. The van der Waals surface area contributed by atoms with E-state index >= 15 is 0 Å². The molecule has 1 rings (SSSR count). The maximum absolute atomic E-state index is 12.1. The highest BCUT2D eigenvalue weighted by Gasteiger charge is 2.34. The van der Waals surface area contributed by atoms with Crippen LogP contribution in [-0.2, 0) is 4.74 Å². The molecule has 1 heterocycles. The molecule has 1 fully saturated rings. The van der Waals surface area contributed by atoms with Gasteiger partial charge in [-0.05, 0) is 39.1 Å². The van der Waals surface area contributed by atoms with E-state index in [0.717, 1.165) is 12.8 Å². The van der Waals surface area contributed by atoms with Gasteiger partial charge in [-0.25, -0.2) is 4.79 Å². The number of nitrogens with zero attached hydrogens (tertiary/aromatic N) is 4. The molecule has 0 saturated carbocycles. The third-order valence-corrected chi connectivity index (χ3v) is 2.72. The molecule has 2 atom stereocenters. The van der Waals surface area contributed by atoms with Gasteiger partial charge in [0.25, 0.3) is 0 Å². The van der Waals surface area contributed by atoms with Gasteiger partial charge in [-0.2, -0.15) is 0 Å². The maximum atomic E-state index is 12.1. The van der Waals surface area contributed by atoms with Gasteiger partial charge < -0.3 is 9.64 Å². The highest BCUT2D eigenvalue weighted by atomic mass is 16.6. The molecule has 6 nitrogen and oxygen atoms in total. The fourth-order valence-electron chi connectivity index (χ4n) is 2.01. The van der Waals surface area contributed by atoms with Crippen molar-refractivity contribution in [1.29, 1.82) is 0 Å². The van der Waals surface area contributed by atoms with E-state index < -0.39 is 5.60 Å². The molecular weight excluding hydrogens is 232 g/mol. The van der Waals surface area contributed by atoms with Gasteiger partial charge in [-0.15, -0.1) is 6.58 Å². The summed E-state index contributed by atoms with van der Waals surface area (Å²) in [5.74, 6) is 0. The summed E-state index contributed by atoms with van der Waals surface area (Å²) in [6.07, 6.45) is 2.82. The summed E-state index contributed by atoms with van der Waals surface area (Å²) in [4.78, 5) is 16.5. The third kappa shape index (κ3) is 3.67. The number of ether oxygens (including phenoxy) is 1. The summed E-state index contributed by atoms with van der Waals surface area (Å²) in [5, 5.41) is 3.72. The summed E-state index contributed by atoms with van der Waals surface area (Å²) in [6, 6.07) is -0.543. The second-order valence-electron chi connectivity index (χ2n) is 5.31. The maximum Gasteiger partial charge on any atom is 0.410 e. The van der Waals surface area contributed by atoms with Gasteiger partial charge >= 0.3 is 6.09 Å². The molecule has 0 aromatic heterocycles. The Bertz CT molecular complexity index is 369. The van der Waals surface area contributed by atoms with Crippen LogP contribution in [0.1, 0.15) is 33.6 Å². The Labute approximate surface area is 107 Å². The van der Waals surface area contributed by atoms with Gasteiger partial charge in [0.15, 0.2) is 0 Å². The van der Waals surface area contributed by atoms with Crippen LogP contribution in [0.5, 0.6) is 0 Å². The Balaban J connectivity index is 2.82. The number of likely N-dealkylation sites (tertiary alicyclic amines) is 1. The van der Waals surface area contributed by atoms with E-state index in [1.807, 2.05) is 20.8 Å². The normalized spacial score (nSPS) is 24.1. The fourth-order valence-corrected chi connectivity index (χ4v) is 2.01. The second kappa shape index (κ2) is 5.78. The Morgan fingerprint density at radius 2 is 2.28 bits per heavy atom. The molecule has 0 aliphatic carbocycles. The van der Waals surface area contributed by atoms with E-state index in [1.165, 1.54) is 0 Å². The Morgan fingerprint density at radius 1 is 1.61 bits per heavy atom. The molecule has 1 aliphatic rings. The quantitative estimate of drug-likeness (QED) is 0.327. The lowest BCUT2D eigenvalue weighted by molar-refractivity contribution is 0.0127. The average molecular weight is 252 g/mol. The molecule has 1 aliphatic heterocycles. The lowest BCUT2D eigenvalue weighted by Crippen LogP contribution is -2.50. The number of hydrogen-bond acceptors (Lipinski definition) is 3. The predicted octanol–water partition coefficient (Wildman–Crippen LogP) is 3.25. The van der Waals surface area contributed by atoms with E-state index in [0.29, 0.717) is 6.54 Å². The van der Waals surface area contributed by atoms with Gasteiger partial charge in [0, 0.05) is 11.5 Å². The number of hydrogen-bond donors (Lipinski definition) is 0. The largest absolute Gasteiger partial charge is 0.444 e. The molecule has 0 aromatic carbocycles. The topological polar surface area (TPSA) is 78.3 Å². The monoisotopic (exact) mass is 252 g/mol. The fraction of sp³-hybridized carbons (Fsp3) is 0.750. The number of rotatable bonds is 2. The van der Waals surface area contributed by atoms with E-state index in [9.17, 15) is 4.79 Å². The lowest BCUT2D eigenvalue weighted by atomic mass is 9.97. The van der Waals surface area contributed by atoms with Crippen molar-refractivity contribution in [2.24, 2.45) is 5.11 Å². The zero-order valence-electron chi connectivity index (χ0n) is 11.2. The Kier molecular flexibility index (Phi) is 4.62. The lowest BCUT2D eigenvalue weighted by Gasteiger charge is -2.38. The number of azide groups is 1. The Morgan fingerprint density at radius 3 is 2.78 bits per heavy atom. The summed E-state index contributed by atoms with van der Waals surface area (Å²) in [6.45, 7) is 9.78. The molecule has 0 spiro atoms. The van der Waals surface area contributed by atoms with E-state index in [1.54, 1.807) is 11.0 Å². The van der Waals surface area contributed by atoms with Gasteiger partial charge in [0.05, 0.1) is 12.1 Å². The van der Waals surface area contributed by atoms with Gasteiger partial charge in [-0.1, -0.05) is 11.2 Å². The summed E-state index contributed by atoms with van der Waals surface area (Å²) in [5.41, 5.74) is 8.00. The van der Waals surface area contributed by atoms with Gasteiger partial charge in [-0.3, -0.25) is 0 Å². The van der Waals surface area contributed by atoms with Crippen molar-refractivity contribution in [2.45, 2.75) is 51.3 Å².